The lowest BCUT2D eigenvalue weighted by atomic mass is 10.1. The van der Waals surface area contributed by atoms with Gasteiger partial charge in [0.1, 0.15) is 12.4 Å². The summed E-state index contributed by atoms with van der Waals surface area (Å²) in [5.41, 5.74) is 1.11. The van der Waals surface area contributed by atoms with E-state index in [2.05, 4.69) is 33.0 Å². The zero-order chi connectivity index (χ0) is 20.3. The summed E-state index contributed by atoms with van der Waals surface area (Å²) in [5.74, 6) is 1.98. The Kier molecular flexibility index (Phi) is 5.26. The van der Waals surface area contributed by atoms with Crippen molar-refractivity contribution >= 4 is 28.6 Å². The number of piperazine rings is 1. The molecule has 0 atom stereocenters. The van der Waals surface area contributed by atoms with Crippen LogP contribution in [0.1, 0.15) is 19.3 Å². The lowest BCUT2D eigenvalue weighted by molar-refractivity contribution is -0.132. The monoisotopic (exact) mass is 404 g/mol. The second kappa shape index (κ2) is 8.34. The second-order valence-electron chi connectivity index (χ2n) is 8.13. The van der Waals surface area contributed by atoms with E-state index in [9.17, 15) is 4.79 Å². The van der Waals surface area contributed by atoms with E-state index in [1.165, 1.54) is 24.6 Å². The van der Waals surface area contributed by atoms with Crippen molar-refractivity contribution < 1.29 is 4.79 Å². The van der Waals surface area contributed by atoms with E-state index in [1.807, 2.05) is 40.1 Å². The number of piperidine rings is 1. The van der Waals surface area contributed by atoms with Gasteiger partial charge in [-0.1, -0.05) is 18.2 Å². The average molecular weight is 405 g/mol. The number of rotatable bonds is 4. The minimum atomic E-state index is 0.174. The fourth-order valence-corrected chi connectivity index (χ4v) is 4.47. The highest BCUT2D eigenvalue weighted by Gasteiger charge is 2.23. The predicted octanol–water partition coefficient (Wildman–Crippen LogP) is 2.77. The third kappa shape index (κ3) is 3.84. The van der Waals surface area contributed by atoms with Crippen molar-refractivity contribution in [2.75, 3.05) is 49.1 Å². The number of benzene rings is 1. The van der Waals surface area contributed by atoms with Gasteiger partial charge in [0, 0.05) is 57.2 Å². The smallest absolute Gasteiger partial charge is 0.242 e. The van der Waals surface area contributed by atoms with Gasteiger partial charge in [-0.15, -0.1) is 0 Å². The normalized spacial score (nSPS) is 17.5. The van der Waals surface area contributed by atoms with Gasteiger partial charge in [-0.2, -0.15) is 4.98 Å². The van der Waals surface area contributed by atoms with Crippen LogP contribution in [-0.4, -0.2) is 64.6 Å². The van der Waals surface area contributed by atoms with Crippen LogP contribution in [0, 0.1) is 0 Å². The fraction of sp³-hybridized carbons (Fsp3) is 0.435. The topological polar surface area (TPSA) is 57.5 Å². The molecule has 7 nitrogen and oxygen atoms in total. The van der Waals surface area contributed by atoms with Gasteiger partial charge in [0.05, 0.1) is 0 Å². The molecule has 0 aliphatic carbocycles. The molecule has 2 aromatic heterocycles. The van der Waals surface area contributed by atoms with Gasteiger partial charge in [0.25, 0.3) is 0 Å². The molecule has 4 heterocycles. The molecule has 2 aliphatic rings. The molecule has 156 valence electrons. The summed E-state index contributed by atoms with van der Waals surface area (Å²) in [7, 11) is 0. The number of carbonyl (C=O) groups excluding carboxylic acids is 1. The average Bonchev–Trinajstić information content (AvgIpc) is 3.23. The first-order valence-corrected chi connectivity index (χ1v) is 10.9. The van der Waals surface area contributed by atoms with E-state index in [0.29, 0.717) is 6.54 Å². The zero-order valence-electron chi connectivity index (χ0n) is 17.3. The Labute approximate surface area is 176 Å². The maximum atomic E-state index is 12.9. The highest BCUT2D eigenvalue weighted by atomic mass is 16.2. The van der Waals surface area contributed by atoms with Crippen LogP contribution in [0.4, 0.5) is 11.8 Å². The van der Waals surface area contributed by atoms with E-state index in [4.69, 9.17) is 4.98 Å². The number of carbonyl (C=O) groups is 1. The van der Waals surface area contributed by atoms with E-state index in [1.54, 1.807) is 0 Å². The Hall–Kier alpha value is -3.09. The molecule has 0 spiro atoms. The molecule has 30 heavy (non-hydrogen) atoms. The van der Waals surface area contributed by atoms with E-state index >= 15 is 0 Å². The lowest BCUT2D eigenvalue weighted by Gasteiger charge is -2.36. The summed E-state index contributed by atoms with van der Waals surface area (Å²) >= 11 is 0. The summed E-state index contributed by atoms with van der Waals surface area (Å²) in [6.45, 7) is 5.52. The van der Waals surface area contributed by atoms with Crippen molar-refractivity contribution in [2.24, 2.45) is 0 Å². The standard InChI is InChI=1S/C23H28N6O/c30-22(18-29-13-9-19-6-2-3-7-20(19)29)27-16-14-26(15-17-27)21-8-10-24-23(25-21)28-11-4-1-5-12-28/h2-3,6-10,13H,1,4-5,11-12,14-18H2. The lowest BCUT2D eigenvalue weighted by Crippen LogP contribution is -2.50. The maximum absolute atomic E-state index is 12.9. The Morgan fingerprint density at radius 2 is 1.67 bits per heavy atom. The molecule has 0 unspecified atom stereocenters. The summed E-state index contributed by atoms with van der Waals surface area (Å²) < 4.78 is 2.04. The Bertz CT molecular complexity index is 1020. The Balaban J connectivity index is 1.20. The summed E-state index contributed by atoms with van der Waals surface area (Å²) in [4.78, 5) is 28.7. The predicted molar refractivity (Wildman–Crippen MR) is 119 cm³/mol. The molecule has 0 radical (unpaired) electrons. The number of aromatic nitrogens is 3. The number of hydrogen-bond acceptors (Lipinski definition) is 5. The van der Waals surface area contributed by atoms with Gasteiger partial charge >= 0.3 is 0 Å². The van der Waals surface area contributed by atoms with Crippen molar-refractivity contribution in [3.05, 3.63) is 48.8 Å². The van der Waals surface area contributed by atoms with Crippen LogP contribution in [0.15, 0.2) is 48.8 Å². The molecular weight excluding hydrogens is 376 g/mol. The number of fused-ring (bicyclic) bond motifs is 1. The summed E-state index contributed by atoms with van der Waals surface area (Å²) in [6.07, 6.45) is 7.59. The molecule has 1 amide bonds. The van der Waals surface area contributed by atoms with Gasteiger partial charge in [0.15, 0.2) is 0 Å². The van der Waals surface area contributed by atoms with Crippen molar-refractivity contribution in [2.45, 2.75) is 25.8 Å². The molecule has 1 aromatic carbocycles. The number of nitrogens with zero attached hydrogens (tertiary/aromatic N) is 6. The zero-order valence-corrected chi connectivity index (χ0v) is 17.3. The highest BCUT2D eigenvalue weighted by molar-refractivity contribution is 5.83. The molecule has 2 fully saturated rings. The fourth-order valence-electron chi connectivity index (χ4n) is 4.47. The van der Waals surface area contributed by atoms with Crippen LogP contribution in [0.25, 0.3) is 10.9 Å². The second-order valence-corrected chi connectivity index (χ2v) is 8.13. The van der Waals surface area contributed by atoms with Crippen LogP contribution in [0.3, 0.4) is 0 Å². The van der Waals surface area contributed by atoms with E-state index in [-0.39, 0.29) is 5.91 Å². The highest BCUT2D eigenvalue weighted by Crippen LogP contribution is 2.20. The van der Waals surface area contributed by atoms with Gasteiger partial charge < -0.3 is 19.3 Å². The van der Waals surface area contributed by atoms with Gasteiger partial charge in [-0.25, -0.2) is 4.98 Å². The number of para-hydroxylation sites is 1. The molecule has 3 aromatic rings. The molecule has 7 heteroatoms. The molecule has 0 bridgehead atoms. The SMILES string of the molecule is O=C(Cn1ccc2ccccc21)N1CCN(c2ccnc(N3CCCCC3)n2)CC1. The quantitative estimate of drug-likeness (QED) is 0.669. The first kappa shape index (κ1) is 18.9. The molecule has 5 rings (SSSR count). The Morgan fingerprint density at radius 3 is 2.50 bits per heavy atom. The third-order valence-corrected chi connectivity index (χ3v) is 6.21. The van der Waals surface area contributed by atoms with Crippen molar-refractivity contribution in [1.82, 2.24) is 19.4 Å². The molecule has 0 N–H and O–H groups in total. The molecular formula is C23H28N6O. The van der Waals surface area contributed by atoms with Crippen LogP contribution < -0.4 is 9.80 Å². The van der Waals surface area contributed by atoms with E-state index in [0.717, 1.165) is 56.6 Å². The minimum Gasteiger partial charge on any atom is -0.353 e. The van der Waals surface area contributed by atoms with E-state index < -0.39 is 0 Å². The largest absolute Gasteiger partial charge is 0.353 e. The maximum Gasteiger partial charge on any atom is 0.242 e. The number of hydrogen-bond donors (Lipinski definition) is 0. The van der Waals surface area contributed by atoms with Crippen LogP contribution in [-0.2, 0) is 11.3 Å². The van der Waals surface area contributed by atoms with Crippen molar-refractivity contribution in [3.8, 4) is 0 Å². The molecule has 2 saturated heterocycles. The third-order valence-electron chi connectivity index (χ3n) is 6.21. The van der Waals surface area contributed by atoms with Crippen molar-refractivity contribution in [3.63, 3.8) is 0 Å². The summed E-state index contributed by atoms with van der Waals surface area (Å²) in [5, 5.41) is 1.17. The van der Waals surface area contributed by atoms with Gasteiger partial charge in [0.2, 0.25) is 11.9 Å². The van der Waals surface area contributed by atoms with Crippen molar-refractivity contribution in [1.29, 1.82) is 0 Å². The van der Waals surface area contributed by atoms with Gasteiger partial charge in [-0.3, -0.25) is 4.79 Å². The van der Waals surface area contributed by atoms with Crippen LogP contribution in [0.5, 0.6) is 0 Å². The number of anilines is 2. The van der Waals surface area contributed by atoms with Gasteiger partial charge in [-0.05, 0) is 42.8 Å². The molecule has 0 saturated carbocycles. The summed E-state index contributed by atoms with van der Waals surface area (Å²) in [6, 6.07) is 12.2. The minimum absolute atomic E-state index is 0.174. The number of amides is 1. The molecule has 2 aliphatic heterocycles. The first-order valence-electron chi connectivity index (χ1n) is 10.9. The first-order chi connectivity index (χ1) is 14.8. The van der Waals surface area contributed by atoms with Crippen LogP contribution in [0.2, 0.25) is 0 Å². The Morgan fingerprint density at radius 1 is 0.867 bits per heavy atom. The van der Waals surface area contributed by atoms with Crippen LogP contribution >= 0.6 is 0 Å².